The molecule has 0 unspecified atom stereocenters. The van der Waals surface area contributed by atoms with E-state index in [1.165, 1.54) is 26.8 Å². The van der Waals surface area contributed by atoms with Crippen molar-refractivity contribution >= 4 is 28.7 Å². The van der Waals surface area contributed by atoms with E-state index in [1.54, 1.807) is 0 Å². The Bertz CT molecular complexity index is 751. The minimum absolute atomic E-state index is 1.30. The molecule has 0 atom stereocenters. The van der Waals surface area contributed by atoms with Crippen LogP contribution >= 0.6 is 11.3 Å². The van der Waals surface area contributed by atoms with E-state index in [2.05, 4.69) is 66.9 Å². The lowest BCUT2D eigenvalue weighted by Gasteiger charge is -2.05. The minimum Gasteiger partial charge on any atom is -0.418 e. The van der Waals surface area contributed by atoms with Crippen LogP contribution in [0.15, 0.2) is 60.0 Å². The van der Waals surface area contributed by atoms with Gasteiger partial charge in [-0.2, -0.15) is 0 Å². The van der Waals surface area contributed by atoms with E-state index in [-0.39, 0.29) is 0 Å². The number of benzene rings is 2. The van der Waals surface area contributed by atoms with Crippen molar-refractivity contribution in [1.29, 1.82) is 0 Å². The van der Waals surface area contributed by atoms with Gasteiger partial charge < -0.3 is 17.3 Å². The fourth-order valence-corrected chi connectivity index (χ4v) is 3.06. The number of fused-ring (bicyclic) bond motifs is 1. The van der Waals surface area contributed by atoms with Gasteiger partial charge in [-0.05, 0) is 18.6 Å². The first-order valence-electron chi connectivity index (χ1n) is 6.59. The highest BCUT2D eigenvalue weighted by Crippen LogP contribution is 2.33. The van der Waals surface area contributed by atoms with Crippen LogP contribution in [0.25, 0.3) is 21.2 Å². The maximum Gasteiger partial charge on any atom is 0.673 e. The number of halogens is 4. The molecule has 2 aromatic carbocycles. The molecule has 0 bridgehead atoms. The SMILES string of the molecule is Cc1c[s+]c2ccccc2c1-c1ccccc1.F[B-](F)(F)F. The van der Waals surface area contributed by atoms with Gasteiger partial charge in [-0.1, -0.05) is 42.5 Å². The van der Waals surface area contributed by atoms with Gasteiger partial charge in [0.05, 0.1) is 0 Å². The molecule has 0 saturated heterocycles. The molecule has 0 N–H and O–H groups in total. The molecule has 1 heterocycles. The highest BCUT2D eigenvalue weighted by atomic mass is 32.1. The van der Waals surface area contributed by atoms with Crippen molar-refractivity contribution in [2.45, 2.75) is 6.92 Å². The standard InChI is InChI=1S/C16H13S.BF4/c1-12-11-17-15-10-6-5-9-14(15)16(12)13-7-3-2-4-8-13;2-1(3,4)5/h2-11H,1H3;/q+1;-1. The lowest BCUT2D eigenvalue weighted by Crippen LogP contribution is -2.02. The molecule has 6 heteroatoms. The van der Waals surface area contributed by atoms with E-state index in [0.29, 0.717) is 0 Å². The summed E-state index contributed by atoms with van der Waals surface area (Å²) in [5.41, 5.74) is 4.01. The highest BCUT2D eigenvalue weighted by Gasteiger charge is 2.20. The van der Waals surface area contributed by atoms with Gasteiger partial charge in [-0.25, -0.2) is 0 Å². The molecular formula is C16H13BF4S. The second-order valence-electron chi connectivity index (χ2n) is 4.65. The van der Waals surface area contributed by atoms with Gasteiger partial charge in [0, 0.05) is 22.6 Å². The highest BCUT2D eigenvalue weighted by molar-refractivity contribution is 7.16. The predicted molar refractivity (Wildman–Crippen MR) is 86.6 cm³/mol. The summed E-state index contributed by atoms with van der Waals surface area (Å²) in [6.07, 6.45) is 0. The normalized spacial score (nSPS) is 11.0. The molecule has 22 heavy (non-hydrogen) atoms. The first-order valence-corrected chi connectivity index (χ1v) is 7.47. The maximum absolute atomic E-state index is 9.75. The average molecular weight is 324 g/mol. The molecule has 0 fully saturated rings. The van der Waals surface area contributed by atoms with E-state index in [9.17, 15) is 17.3 Å². The van der Waals surface area contributed by atoms with E-state index in [4.69, 9.17) is 0 Å². The third kappa shape index (κ3) is 4.53. The molecule has 114 valence electrons. The smallest absolute Gasteiger partial charge is 0.418 e. The Morgan fingerprint density at radius 2 is 1.36 bits per heavy atom. The van der Waals surface area contributed by atoms with Crippen molar-refractivity contribution in [3.63, 3.8) is 0 Å². The zero-order chi connectivity index (χ0) is 16.2. The third-order valence-corrected chi connectivity index (χ3v) is 4.06. The number of hydrogen-bond acceptors (Lipinski definition) is 0. The summed E-state index contributed by atoms with van der Waals surface area (Å²) in [4.78, 5) is 0. The molecule has 1 aromatic heterocycles. The van der Waals surface area contributed by atoms with Crippen LogP contribution in [0.3, 0.4) is 0 Å². The van der Waals surface area contributed by atoms with Crippen molar-refractivity contribution in [1.82, 2.24) is 0 Å². The fourth-order valence-electron chi connectivity index (χ4n) is 2.19. The summed E-state index contributed by atoms with van der Waals surface area (Å²) in [5.74, 6) is 0. The molecule has 0 aliphatic rings. The second-order valence-corrected chi connectivity index (χ2v) is 5.56. The van der Waals surface area contributed by atoms with Gasteiger partial charge in [-0.15, -0.1) is 0 Å². The average Bonchev–Trinajstić information content (AvgIpc) is 2.46. The van der Waals surface area contributed by atoms with Crippen LogP contribution < -0.4 is 0 Å². The fraction of sp³-hybridized carbons (Fsp3) is 0.0625. The summed E-state index contributed by atoms with van der Waals surface area (Å²) < 4.78 is 40.3. The van der Waals surface area contributed by atoms with Crippen molar-refractivity contribution in [2.24, 2.45) is 0 Å². The van der Waals surface area contributed by atoms with Gasteiger partial charge in [0.2, 0.25) is 16.0 Å². The number of aryl methyl sites for hydroxylation is 1. The van der Waals surface area contributed by atoms with E-state index >= 15 is 0 Å². The van der Waals surface area contributed by atoms with Crippen molar-refractivity contribution in [2.75, 3.05) is 0 Å². The molecule has 0 saturated carbocycles. The van der Waals surface area contributed by atoms with Crippen LogP contribution in [0.5, 0.6) is 0 Å². The van der Waals surface area contributed by atoms with Gasteiger partial charge in [0.15, 0.2) is 5.38 Å². The summed E-state index contributed by atoms with van der Waals surface area (Å²) in [7, 11) is -6.00. The van der Waals surface area contributed by atoms with Crippen molar-refractivity contribution < 1.29 is 17.3 Å². The predicted octanol–water partition coefficient (Wildman–Crippen LogP) is 6.46. The Hall–Kier alpha value is -1.95. The van der Waals surface area contributed by atoms with Crippen LogP contribution in [0.2, 0.25) is 0 Å². The number of hydrogen-bond donors (Lipinski definition) is 0. The zero-order valence-electron chi connectivity index (χ0n) is 11.8. The summed E-state index contributed by atoms with van der Waals surface area (Å²) >= 11 is 1.81. The molecular weight excluding hydrogens is 311 g/mol. The Morgan fingerprint density at radius 3 is 2.00 bits per heavy atom. The van der Waals surface area contributed by atoms with Crippen molar-refractivity contribution in [3.8, 4) is 11.1 Å². The molecule has 0 nitrogen and oxygen atoms in total. The van der Waals surface area contributed by atoms with E-state index < -0.39 is 7.25 Å². The largest absolute Gasteiger partial charge is 0.673 e. The zero-order valence-corrected chi connectivity index (χ0v) is 12.6. The summed E-state index contributed by atoms with van der Waals surface area (Å²) in [6.45, 7) is 2.19. The van der Waals surface area contributed by atoms with E-state index in [0.717, 1.165) is 0 Å². The Balaban J connectivity index is 0.000000309. The minimum atomic E-state index is -6.00. The van der Waals surface area contributed by atoms with Crippen LogP contribution in [-0.2, 0) is 0 Å². The Kier molecular flexibility index (Phi) is 5.13. The van der Waals surface area contributed by atoms with Crippen LogP contribution in [-0.4, -0.2) is 7.25 Å². The molecule has 0 radical (unpaired) electrons. The Morgan fingerprint density at radius 1 is 0.818 bits per heavy atom. The molecule has 0 amide bonds. The van der Waals surface area contributed by atoms with Gasteiger partial charge >= 0.3 is 7.25 Å². The molecule has 0 spiro atoms. The molecule has 0 aliphatic heterocycles. The van der Waals surface area contributed by atoms with Crippen LogP contribution in [0.1, 0.15) is 5.56 Å². The lowest BCUT2D eigenvalue weighted by atomic mass is 9.99. The second kappa shape index (κ2) is 6.88. The van der Waals surface area contributed by atoms with Crippen molar-refractivity contribution in [3.05, 3.63) is 65.5 Å². The van der Waals surface area contributed by atoms with Gasteiger partial charge in [0.25, 0.3) is 0 Å². The van der Waals surface area contributed by atoms with Crippen LogP contribution in [0.4, 0.5) is 17.3 Å². The van der Waals surface area contributed by atoms with Gasteiger partial charge in [0.1, 0.15) is 0 Å². The molecule has 0 aliphatic carbocycles. The molecule has 3 aromatic rings. The summed E-state index contributed by atoms with van der Waals surface area (Å²) in [6, 6.07) is 19.2. The lowest BCUT2D eigenvalue weighted by molar-refractivity contribution is 0.368. The first kappa shape index (κ1) is 16.4. The first-order chi connectivity index (χ1) is 10.4. The monoisotopic (exact) mass is 324 g/mol. The topological polar surface area (TPSA) is 0 Å². The third-order valence-electron chi connectivity index (χ3n) is 2.98. The molecule has 3 rings (SSSR count). The number of rotatable bonds is 1. The Labute approximate surface area is 130 Å². The summed E-state index contributed by atoms with van der Waals surface area (Å²) in [5, 5.41) is 3.59. The quantitative estimate of drug-likeness (QED) is 0.274. The maximum atomic E-state index is 9.75. The van der Waals surface area contributed by atoms with Gasteiger partial charge in [-0.3, -0.25) is 0 Å². The van der Waals surface area contributed by atoms with E-state index in [1.807, 2.05) is 11.3 Å². The van der Waals surface area contributed by atoms with Crippen LogP contribution in [0, 0.1) is 6.92 Å².